The molecular weight excluding hydrogens is 426 g/mol. The second kappa shape index (κ2) is 9.40. The number of ether oxygens (including phenoxy) is 1. The molecule has 2 aliphatic heterocycles. The van der Waals surface area contributed by atoms with E-state index in [4.69, 9.17) is 16.3 Å². The smallest absolute Gasteiger partial charge is 0.233 e. The van der Waals surface area contributed by atoms with Crippen LogP contribution < -0.4 is 0 Å². The molecule has 5 nitrogen and oxygen atoms in total. The lowest BCUT2D eigenvalue weighted by atomic mass is 9.68. The molecule has 4 rings (SSSR count). The number of aromatic hydroxyl groups is 1. The van der Waals surface area contributed by atoms with Gasteiger partial charge >= 0.3 is 0 Å². The zero-order valence-corrected chi connectivity index (χ0v) is 19.8. The largest absolute Gasteiger partial charge is 0.508 e. The summed E-state index contributed by atoms with van der Waals surface area (Å²) in [5.41, 5.74) is 4.79. The van der Waals surface area contributed by atoms with Crippen LogP contribution in [0, 0.1) is 17.8 Å². The van der Waals surface area contributed by atoms with Crippen molar-refractivity contribution in [3.05, 3.63) is 45.5 Å². The van der Waals surface area contributed by atoms with Gasteiger partial charge in [0.25, 0.3) is 0 Å². The molecule has 1 N–H and O–H groups in total. The normalized spacial score (nSPS) is 27.9. The highest BCUT2D eigenvalue weighted by Gasteiger charge is 2.55. The SMILES string of the molecule is CCCC1=C2[C@@H](CC/C(=C/c3ccc(O)cc3Cl)CC)OC[C@@H]2[C@@H]2C(=O)N(C)C(=O)[C@@H]2C1. The maximum atomic E-state index is 12.8. The van der Waals surface area contributed by atoms with Gasteiger partial charge in [-0.15, -0.1) is 0 Å². The second-order valence-corrected chi connectivity index (χ2v) is 9.62. The molecule has 3 aliphatic rings. The minimum Gasteiger partial charge on any atom is -0.508 e. The third-order valence-electron chi connectivity index (χ3n) is 7.31. The minimum absolute atomic E-state index is 0.00143. The van der Waals surface area contributed by atoms with Crippen molar-refractivity contribution in [1.82, 2.24) is 4.90 Å². The first kappa shape index (κ1) is 23.1. The fraction of sp³-hybridized carbons (Fsp3) is 0.538. The molecule has 32 heavy (non-hydrogen) atoms. The summed E-state index contributed by atoms with van der Waals surface area (Å²) in [7, 11) is 1.61. The Morgan fingerprint density at radius 2 is 2.03 bits per heavy atom. The second-order valence-electron chi connectivity index (χ2n) is 9.21. The Bertz CT molecular complexity index is 982. The van der Waals surface area contributed by atoms with Crippen LogP contribution in [0.3, 0.4) is 0 Å². The summed E-state index contributed by atoms with van der Waals surface area (Å²) in [5, 5.41) is 10.1. The molecule has 6 heteroatoms. The van der Waals surface area contributed by atoms with Gasteiger partial charge in [-0.3, -0.25) is 14.5 Å². The third-order valence-corrected chi connectivity index (χ3v) is 7.63. The summed E-state index contributed by atoms with van der Waals surface area (Å²) in [6.45, 7) is 4.81. The number of phenols is 1. The predicted octanol–water partition coefficient (Wildman–Crippen LogP) is 5.37. The summed E-state index contributed by atoms with van der Waals surface area (Å²) in [6.07, 6.45) is 7.39. The van der Waals surface area contributed by atoms with E-state index in [-0.39, 0.29) is 41.4 Å². The van der Waals surface area contributed by atoms with E-state index >= 15 is 0 Å². The van der Waals surface area contributed by atoms with Crippen LogP contribution in [0.15, 0.2) is 34.9 Å². The molecule has 0 spiro atoms. The number of fused-ring (bicyclic) bond motifs is 3. The number of phenolic OH excluding ortho intramolecular Hbond substituents is 1. The van der Waals surface area contributed by atoms with Gasteiger partial charge in [-0.05, 0) is 61.4 Å². The Kier molecular flexibility index (Phi) is 6.78. The topological polar surface area (TPSA) is 66.8 Å². The molecule has 2 saturated heterocycles. The van der Waals surface area contributed by atoms with Crippen molar-refractivity contribution in [2.24, 2.45) is 17.8 Å². The van der Waals surface area contributed by atoms with Crippen molar-refractivity contribution in [2.45, 2.75) is 58.5 Å². The van der Waals surface area contributed by atoms with Crippen LogP contribution in [-0.2, 0) is 14.3 Å². The first-order valence-electron chi connectivity index (χ1n) is 11.7. The van der Waals surface area contributed by atoms with E-state index in [1.165, 1.54) is 21.6 Å². The van der Waals surface area contributed by atoms with E-state index in [9.17, 15) is 14.7 Å². The highest BCUT2D eigenvalue weighted by Crippen LogP contribution is 2.50. The summed E-state index contributed by atoms with van der Waals surface area (Å²) in [4.78, 5) is 26.8. The number of nitrogens with zero attached hydrogens (tertiary/aromatic N) is 1. The number of hydrogen-bond donors (Lipinski definition) is 1. The summed E-state index contributed by atoms with van der Waals surface area (Å²) in [5.74, 6) is -0.357. The van der Waals surface area contributed by atoms with E-state index in [1.54, 1.807) is 19.2 Å². The number of benzene rings is 1. The zero-order valence-electron chi connectivity index (χ0n) is 19.1. The lowest BCUT2D eigenvalue weighted by Gasteiger charge is -2.32. The molecule has 172 valence electrons. The molecule has 0 saturated carbocycles. The molecule has 0 aromatic heterocycles. The Labute approximate surface area is 195 Å². The van der Waals surface area contributed by atoms with Gasteiger partial charge in [-0.25, -0.2) is 0 Å². The Morgan fingerprint density at radius 3 is 2.72 bits per heavy atom. The van der Waals surface area contributed by atoms with Gasteiger partial charge in [0.15, 0.2) is 0 Å². The van der Waals surface area contributed by atoms with Gasteiger partial charge in [-0.2, -0.15) is 0 Å². The van der Waals surface area contributed by atoms with Crippen LogP contribution in [0.4, 0.5) is 0 Å². The number of rotatable bonds is 7. The molecule has 2 fully saturated rings. The molecule has 2 amide bonds. The Balaban J connectivity index is 1.55. The quantitative estimate of drug-likeness (QED) is 0.441. The molecule has 0 bridgehead atoms. The molecular formula is C26H32ClNO4. The monoisotopic (exact) mass is 457 g/mol. The summed E-state index contributed by atoms with van der Waals surface area (Å²) >= 11 is 6.29. The van der Waals surface area contributed by atoms with Crippen molar-refractivity contribution in [2.75, 3.05) is 13.7 Å². The summed E-state index contributed by atoms with van der Waals surface area (Å²) < 4.78 is 6.26. The maximum absolute atomic E-state index is 12.8. The Hall–Kier alpha value is -2.11. The zero-order chi connectivity index (χ0) is 23.0. The minimum atomic E-state index is -0.259. The van der Waals surface area contributed by atoms with Gasteiger partial charge in [0.1, 0.15) is 5.75 Å². The first-order chi connectivity index (χ1) is 15.3. The van der Waals surface area contributed by atoms with Crippen LogP contribution in [-0.4, -0.2) is 41.6 Å². The van der Waals surface area contributed by atoms with Crippen molar-refractivity contribution in [1.29, 1.82) is 0 Å². The number of amides is 2. The van der Waals surface area contributed by atoms with Crippen molar-refractivity contribution >= 4 is 29.5 Å². The van der Waals surface area contributed by atoms with E-state index < -0.39 is 0 Å². The van der Waals surface area contributed by atoms with Crippen LogP contribution in [0.25, 0.3) is 6.08 Å². The highest BCUT2D eigenvalue weighted by atomic mass is 35.5. The van der Waals surface area contributed by atoms with Gasteiger partial charge < -0.3 is 9.84 Å². The first-order valence-corrected chi connectivity index (χ1v) is 12.1. The number of imide groups is 1. The molecule has 4 atom stereocenters. The van der Waals surface area contributed by atoms with Crippen molar-refractivity contribution in [3.63, 3.8) is 0 Å². The predicted molar refractivity (Wildman–Crippen MR) is 125 cm³/mol. The van der Waals surface area contributed by atoms with E-state index in [0.717, 1.165) is 37.7 Å². The van der Waals surface area contributed by atoms with E-state index in [2.05, 4.69) is 19.9 Å². The number of allylic oxidation sites excluding steroid dienone is 2. The van der Waals surface area contributed by atoms with E-state index in [1.807, 2.05) is 6.07 Å². The Morgan fingerprint density at radius 1 is 1.25 bits per heavy atom. The van der Waals surface area contributed by atoms with Crippen LogP contribution in [0.2, 0.25) is 5.02 Å². The van der Waals surface area contributed by atoms with Crippen LogP contribution >= 0.6 is 11.6 Å². The van der Waals surface area contributed by atoms with Crippen molar-refractivity contribution in [3.8, 4) is 5.75 Å². The lowest BCUT2D eigenvalue weighted by Crippen LogP contribution is -2.34. The van der Waals surface area contributed by atoms with Crippen LogP contribution in [0.5, 0.6) is 5.75 Å². The lowest BCUT2D eigenvalue weighted by molar-refractivity contribution is -0.138. The van der Waals surface area contributed by atoms with E-state index in [0.29, 0.717) is 18.1 Å². The molecule has 0 unspecified atom stereocenters. The fourth-order valence-electron chi connectivity index (χ4n) is 5.69. The number of halogens is 1. The number of carbonyl (C=O) groups excluding carboxylic acids is 2. The number of likely N-dealkylation sites (tertiary alicyclic amines) is 1. The molecule has 1 aliphatic carbocycles. The van der Waals surface area contributed by atoms with Gasteiger partial charge in [0.2, 0.25) is 11.8 Å². The van der Waals surface area contributed by atoms with Gasteiger partial charge in [0.05, 0.1) is 29.6 Å². The van der Waals surface area contributed by atoms with Crippen molar-refractivity contribution < 1.29 is 19.4 Å². The average Bonchev–Trinajstić information content (AvgIpc) is 3.28. The maximum Gasteiger partial charge on any atom is 0.233 e. The standard InChI is InChI=1S/C26H32ClNO4/c1-4-6-17-12-19-24(26(31)28(3)25(19)30)20-14-32-22(23(17)20)10-7-15(5-2)11-16-8-9-18(29)13-21(16)27/h8-9,11,13,19-20,22,24,29H,4-7,10,12,14H2,1-3H3/b15-11+/t19-,20+,22-,24-/m1/s1. The molecule has 2 heterocycles. The van der Waals surface area contributed by atoms with Gasteiger partial charge in [-0.1, -0.05) is 49.1 Å². The fourth-order valence-corrected chi connectivity index (χ4v) is 5.92. The number of hydrogen-bond acceptors (Lipinski definition) is 4. The average molecular weight is 458 g/mol. The molecule has 0 radical (unpaired) electrons. The molecule has 1 aromatic rings. The highest BCUT2D eigenvalue weighted by molar-refractivity contribution is 6.32. The molecule has 1 aromatic carbocycles. The van der Waals surface area contributed by atoms with Crippen LogP contribution in [0.1, 0.15) is 57.9 Å². The third kappa shape index (κ3) is 4.13. The summed E-state index contributed by atoms with van der Waals surface area (Å²) in [6, 6.07) is 5.03. The van der Waals surface area contributed by atoms with Gasteiger partial charge in [0, 0.05) is 13.0 Å². The number of carbonyl (C=O) groups is 2.